The van der Waals surface area contributed by atoms with Gasteiger partial charge in [0, 0.05) is 32.7 Å². The van der Waals surface area contributed by atoms with Crippen LogP contribution in [0, 0.1) is 5.92 Å². The first-order chi connectivity index (χ1) is 11.2. The molecular formula is C15H20N4O4. The average Bonchev–Trinajstić information content (AvgIpc) is 3.03. The summed E-state index contributed by atoms with van der Waals surface area (Å²) in [6.07, 6.45) is 5.86. The van der Waals surface area contributed by atoms with Crippen LogP contribution in [0.5, 0.6) is 0 Å². The van der Waals surface area contributed by atoms with Gasteiger partial charge in [-0.05, 0) is 12.8 Å². The highest BCUT2D eigenvalue weighted by atomic mass is 16.5. The minimum Gasteiger partial charge on any atom is -0.376 e. The van der Waals surface area contributed by atoms with E-state index in [1.54, 1.807) is 11.1 Å². The topological polar surface area (TPSA) is 93.7 Å². The van der Waals surface area contributed by atoms with Gasteiger partial charge in [0.2, 0.25) is 11.8 Å². The van der Waals surface area contributed by atoms with E-state index in [1.807, 2.05) is 0 Å². The third-order valence-electron chi connectivity index (χ3n) is 4.28. The Kier molecular flexibility index (Phi) is 4.82. The molecule has 1 aromatic heterocycles. The molecule has 1 N–H and O–H groups in total. The largest absolute Gasteiger partial charge is 0.376 e. The van der Waals surface area contributed by atoms with Crippen molar-refractivity contribution in [2.24, 2.45) is 5.92 Å². The number of amides is 2. The number of rotatable bonds is 4. The SMILES string of the molecule is COCC(=O)N1C[C@@H](C(=O)Nc2cnccn2)C[C@H]2OCC[C@H]21. The van der Waals surface area contributed by atoms with Crippen molar-refractivity contribution >= 4 is 17.6 Å². The molecule has 8 nitrogen and oxygen atoms in total. The van der Waals surface area contributed by atoms with E-state index in [0.29, 0.717) is 25.4 Å². The van der Waals surface area contributed by atoms with Crippen LogP contribution in [-0.2, 0) is 19.1 Å². The summed E-state index contributed by atoms with van der Waals surface area (Å²) in [6, 6.07) is 0.0400. The predicted molar refractivity (Wildman–Crippen MR) is 80.5 cm³/mol. The third-order valence-corrected chi connectivity index (χ3v) is 4.28. The van der Waals surface area contributed by atoms with E-state index in [0.717, 1.165) is 6.42 Å². The zero-order valence-corrected chi connectivity index (χ0v) is 13.0. The van der Waals surface area contributed by atoms with Gasteiger partial charge in [-0.3, -0.25) is 14.6 Å². The second kappa shape index (κ2) is 7.01. The summed E-state index contributed by atoms with van der Waals surface area (Å²) >= 11 is 0. The Hall–Kier alpha value is -2.06. The Morgan fingerprint density at radius 1 is 1.48 bits per heavy atom. The molecular weight excluding hydrogens is 300 g/mol. The van der Waals surface area contributed by atoms with Crippen molar-refractivity contribution in [3.8, 4) is 0 Å². The minimum atomic E-state index is -0.336. The third kappa shape index (κ3) is 3.48. The molecule has 124 valence electrons. The Labute approximate surface area is 134 Å². The molecule has 0 aromatic carbocycles. The zero-order chi connectivity index (χ0) is 16.2. The summed E-state index contributed by atoms with van der Waals surface area (Å²) < 4.78 is 10.6. The van der Waals surface area contributed by atoms with E-state index >= 15 is 0 Å². The van der Waals surface area contributed by atoms with Gasteiger partial charge in [-0.1, -0.05) is 0 Å². The van der Waals surface area contributed by atoms with E-state index < -0.39 is 0 Å². The van der Waals surface area contributed by atoms with Crippen LogP contribution in [0.4, 0.5) is 5.82 Å². The molecule has 2 aliphatic rings. The number of carbonyl (C=O) groups excluding carboxylic acids is 2. The van der Waals surface area contributed by atoms with Gasteiger partial charge >= 0.3 is 0 Å². The lowest BCUT2D eigenvalue weighted by Gasteiger charge is -2.40. The van der Waals surface area contributed by atoms with Crippen molar-refractivity contribution in [3.05, 3.63) is 18.6 Å². The fourth-order valence-corrected chi connectivity index (χ4v) is 3.22. The molecule has 3 heterocycles. The zero-order valence-electron chi connectivity index (χ0n) is 13.0. The fraction of sp³-hybridized carbons (Fsp3) is 0.600. The highest BCUT2D eigenvalue weighted by Crippen LogP contribution is 2.31. The van der Waals surface area contributed by atoms with Crippen molar-refractivity contribution in [3.63, 3.8) is 0 Å². The van der Waals surface area contributed by atoms with Gasteiger partial charge in [-0.15, -0.1) is 0 Å². The van der Waals surface area contributed by atoms with E-state index in [-0.39, 0.29) is 36.5 Å². The lowest BCUT2D eigenvalue weighted by Crippen LogP contribution is -2.55. The Morgan fingerprint density at radius 3 is 3.09 bits per heavy atom. The van der Waals surface area contributed by atoms with E-state index in [2.05, 4.69) is 15.3 Å². The maximum absolute atomic E-state index is 12.5. The van der Waals surface area contributed by atoms with E-state index in [1.165, 1.54) is 19.5 Å². The van der Waals surface area contributed by atoms with Crippen LogP contribution in [0.3, 0.4) is 0 Å². The van der Waals surface area contributed by atoms with Gasteiger partial charge in [-0.2, -0.15) is 0 Å². The number of nitrogens with one attached hydrogen (secondary N) is 1. The molecule has 0 radical (unpaired) electrons. The normalized spacial score (nSPS) is 26.7. The Bertz CT molecular complexity index is 568. The Balaban J connectivity index is 1.70. The maximum Gasteiger partial charge on any atom is 0.248 e. The maximum atomic E-state index is 12.5. The summed E-state index contributed by atoms with van der Waals surface area (Å²) in [4.78, 5) is 34.4. The number of ether oxygens (including phenoxy) is 2. The molecule has 3 rings (SSSR count). The number of hydrogen-bond donors (Lipinski definition) is 1. The van der Waals surface area contributed by atoms with Crippen LogP contribution in [0.2, 0.25) is 0 Å². The van der Waals surface area contributed by atoms with Crippen molar-refractivity contribution in [1.82, 2.24) is 14.9 Å². The second-order valence-electron chi connectivity index (χ2n) is 5.76. The molecule has 1 aromatic rings. The van der Waals surface area contributed by atoms with Crippen LogP contribution < -0.4 is 5.32 Å². The first-order valence-corrected chi connectivity index (χ1v) is 7.66. The van der Waals surface area contributed by atoms with Gasteiger partial charge < -0.3 is 19.7 Å². The summed E-state index contributed by atoms with van der Waals surface area (Å²) in [5, 5.41) is 2.75. The van der Waals surface area contributed by atoms with Crippen LogP contribution in [0.25, 0.3) is 0 Å². The standard InChI is InChI=1S/C15H20N4O4/c1-22-9-14(20)19-8-10(6-12-11(19)2-5-23-12)15(21)18-13-7-16-3-4-17-13/h3-4,7,10-12H,2,5-6,8-9H2,1H3,(H,17,18,21)/t10-,11+,12+/m0/s1. The molecule has 0 unspecified atom stereocenters. The molecule has 0 bridgehead atoms. The van der Waals surface area contributed by atoms with Crippen LogP contribution in [0.1, 0.15) is 12.8 Å². The summed E-state index contributed by atoms with van der Waals surface area (Å²) in [5.74, 6) is -0.210. The van der Waals surface area contributed by atoms with Crippen molar-refractivity contribution < 1.29 is 19.1 Å². The van der Waals surface area contributed by atoms with Gasteiger partial charge in [0.1, 0.15) is 6.61 Å². The fourth-order valence-electron chi connectivity index (χ4n) is 3.22. The minimum absolute atomic E-state index is 0.0156. The van der Waals surface area contributed by atoms with Crippen molar-refractivity contribution in [2.75, 3.05) is 32.2 Å². The van der Waals surface area contributed by atoms with Gasteiger partial charge in [0.15, 0.2) is 5.82 Å². The lowest BCUT2D eigenvalue weighted by atomic mass is 9.89. The highest BCUT2D eigenvalue weighted by molar-refractivity contribution is 5.92. The number of methoxy groups -OCH3 is 1. The number of nitrogens with zero attached hydrogens (tertiary/aromatic N) is 3. The molecule has 0 spiro atoms. The smallest absolute Gasteiger partial charge is 0.248 e. The summed E-state index contributed by atoms with van der Waals surface area (Å²) in [7, 11) is 1.49. The quantitative estimate of drug-likeness (QED) is 0.843. The molecule has 3 atom stereocenters. The number of piperidine rings is 1. The Morgan fingerprint density at radius 2 is 2.35 bits per heavy atom. The monoisotopic (exact) mass is 320 g/mol. The van der Waals surface area contributed by atoms with Crippen molar-refractivity contribution in [1.29, 1.82) is 0 Å². The number of hydrogen-bond acceptors (Lipinski definition) is 6. The van der Waals surface area contributed by atoms with Crippen LogP contribution in [-0.4, -0.2) is 65.7 Å². The first kappa shape index (κ1) is 15.8. The van der Waals surface area contributed by atoms with Gasteiger partial charge in [-0.25, -0.2) is 4.98 Å². The molecule has 2 saturated heterocycles. The second-order valence-corrected chi connectivity index (χ2v) is 5.76. The lowest BCUT2D eigenvalue weighted by molar-refractivity contribution is -0.144. The molecule has 0 aliphatic carbocycles. The molecule has 8 heteroatoms. The molecule has 2 amide bonds. The van der Waals surface area contributed by atoms with Crippen LogP contribution >= 0.6 is 0 Å². The molecule has 23 heavy (non-hydrogen) atoms. The number of aromatic nitrogens is 2. The van der Waals surface area contributed by atoms with E-state index in [4.69, 9.17) is 9.47 Å². The predicted octanol–water partition coefficient (Wildman–Crippen LogP) is 0.0675. The first-order valence-electron chi connectivity index (χ1n) is 7.66. The number of fused-ring (bicyclic) bond motifs is 1. The highest BCUT2D eigenvalue weighted by Gasteiger charge is 2.44. The van der Waals surface area contributed by atoms with Crippen molar-refractivity contribution in [2.45, 2.75) is 25.0 Å². The number of carbonyl (C=O) groups is 2. The van der Waals surface area contributed by atoms with E-state index in [9.17, 15) is 9.59 Å². The number of likely N-dealkylation sites (tertiary alicyclic amines) is 1. The van der Waals surface area contributed by atoms with Gasteiger partial charge in [0.05, 0.1) is 24.3 Å². The molecule has 2 aliphatic heterocycles. The molecule has 0 saturated carbocycles. The molecule has 2 fully saturated rings. The van der Waals surface area contributed by atoms with Gasteiger partial charge in [0.25, 0.3) is 0 Å². The summed E-state index contributed by atoms with van der Waals surface area (Å²) in [6.45, 7) is 1.01. The number of anilines is 1. The average molecular weight is 320 g/mol. The summed E-state index contributed by atoms with van der Waals surface area (Å²) in [5.41, 5.74) is 0. The van der Waals surface area contributed by atoms with Crippen LogP contribution in [0.15, 0.2) is 18.6 Å².